The molecule has 2 aromatic rings. The fourth-order valence-corrected chi connectivity index (χ4v) is 4.66. The standard InChI is InChI=1S/C26H34N2O3/c1-28-17-15-24(16-18-28)31-26(30)22-9-7-21(8-10-22)25(29)27-23-13-11-20(12-14-23)19-5-3-2-4-6-19/h7-14,19,24,26,30H,2-6,15-18H2,1H3,(H,27,29). The Bertz CT molecular complexity index is 836. The normalized spacial score (nSPS) is 19.8. The van der Waals surface area contributed by atoms with Crippen molar-refractivity contribution in [2.45, 2.75) is 63.3 Å². The fraction of sp³-hybridized carbons (Fsp3) is 0.500. The Morgan fingerprint density at radius 1 is 0.968 bits per heavy atom. The first kappa shape index (κ1) is 22.0. The molecule has 1 unspecified atom stereocenters. The molecule has 0 aromatic heterocycles. The number of carbonyl (C=O) groups excluding carboxylic acids is 1. The number of piperidine rings is 1. The van der Waals surface area contributed by atoms with Crippen molar-refractivity contribution < 1.29 is 14.6 Å². The van der Waals surface area contributed by atoms with Gasteiger partial charge in [0.1, 0.15) is 0 Å². The summed E-state index contributed by atoms with van der Waals surface area (Å²) in [7, 11) is 2.10. The molecule has 31 heavy (non-hydrogen) atoms. The van der Waals surface area contributed by atoms with E-state index < -0.39 is 6.29 Å². The molecule has 1 saturated heterocycles. The van der Waals surface area contributed by atoms with Gasteiger partial charge >= 0.3 is 0 Å². The number of aliphatic hydroxyl groups is 1. The van der Waals surface area contributed by atoms with E-state index in [1.165, 1.54) is 37.7 Å². The molecular weight excluding hydrogens is 388 g/mol. The molecule has 2 aromatic carbocycles. The van der Waals surface area contributed by atoms with E-state index in [4.69, 9.17) is 4.74 Å². The second-order valence-corrected chi connectivity index (χ2v) is 9.02. The zero-order chi connectivity index (χ0) is 21.6. The number of hydrogen-bond donors (Lipinski definition) is 2. The minimum atomic E-state index is -0.960. The summed E-state index contributed by atoms with van der Waals surface area (Å²) in [4.78, 5) is 14.9. The van der Waals surface area contributed by atoms with Crippen LogP contribution in [0.15, 0.2) is 48.5 Å². The molecule has 1 amide bonds. The van der Waals surface area contributed by atoms with Gasteiger partial charge in [0.2, 0.25) is 0 Å². The maximum atomic E-state index is 12.6. The van der Waals surface area contributed by atoms with E-state index in [-0.39, 0.29) is 12.0 Å². The van der Waals surface area contributed by atoms with E-state index in [2.05, 4.69) is 29.4 Å². The lowest BCUT2D eigenvalue weighted by Gasteiger charge is -2.30. The highest BCUT2D eigenvalue weighted by Gasteiger charge is 2.21. The predicted octanol–water partition coefficient (Wildman–Crippen LogP) is 5.09. The van der Waals surface area contributed by atoms with Crippen molar-refractivity contribution in [3.8, 4) is 0 Å². The van der Waals surface area contributed by atoms with Gasteiger partial charge in [-0.25, -0.2) is 0 Å². The van der Waals surface area contributed by atoms with Gasteiger partial charge < -0.3 is 20.1 Å². The highest BCUT2D eigenvalue weighted by Crippen LogP contribution is 2.33. The van der Waals surface area contributed by atoms with Crippen molar-refractivity contribution in [2.75, 3.05) is 25.5 Å². The van der Waals surface area contributed by atoms with Crippen molar-refractivity contribution in [3.63, 3.8) is 0 Å². The first-order valence-corrected chi connectivity index (χ1v) is 11.6. The Balaban J connectivity index is 1.30. The van der Waals surface area contributed by atoms with Gasteiger partial charge in [-0.15, -0.1) is 0 Å². The summed E-state index contributed by atoms with van der Waals surface area (Å²) in [5.41, 5.74) is 3.42. The minimum Gasteiger partial charge on any atom is -0.364 e. The lowest BCUT2D eigenvalue weighted by atomic mass is 9.84. The number of amides is 1. The number of aliphatic hydroxyl groups excluding tert-OH is 1. The SMILES string of the molecule is CN1CCC(OC(O)c2ccc(C(=O)Nc3ccc(C4CCCCC4)cc3)cc2)CC1. The average Bonchev–Trinajstić information content (AvgIpc) is 2.82. The number of carbonyl (C=O) groups is 1. The van der Waals surface area contributed by atoms with Crippen LogP contribution in [0, 0.1) is 0 Å². The molecule has 166 valence electrons. The molecule has 0 spiro atoms. The smallest absolute Gasteiger partial charge is 0.255 e. The third kappa shape index (κ3) is 5.94. The Morgan fingerprint density at radius 3 is 2.26 bits per heavy atom. The average molecular weight is 423 g/mol. The van der Waals surface area contributed by atoms with Crippen molar-refractivity contribution >= 4 is 11.6 Å². The summed E-state index contributed by atoms with van der Waals surface area (Å²) < 4.78 is 5.81. The highest BCUT2D eigenvalue weighted by atomic mass is 16.6. The van der Waals surface area contributed by atoms with Crippen molar-refractivity contribution in [2.24, 2.45) is 0 Å². The number of anilines is 1. The van der Waals surface area contributed by atoms with Crippen LogP contribution in [-0.4, -0.2) is 42.2 Å². The van der Waals surface area contributed by atoms with E-state index >= 15 is 0 Å². The van der Waals surface area contributed by atoms with Gasteiger partial charge in [0, 0.05) is 29.9 Å². The Kier molecular flexibility index (Phi) is 7.38. The molecule has 2 fully saturated rings. The molecule has 2 aliphatic rings. The molecule has 1 aliphatic heterocycles. The summed E-state index contributed by atoms with van der Waals surface area (Å²) in [5.74, 6) is 0.511. The largest absolute Gasteiger partial charge is 0.364 e. The fourth-order valence-electron chi connectivity index (χ4n) is 4.66. The lowest BCUT2D eigenvalue weighted by molar-refractivity contribution is -0.150. The predicted molar refractivity (Wildman–Crippen MR) is 123 cm³/mol. The van der Waals surface area contributed by atoms with E-state index in [0.29, 0.717) is 17.0 Å². The monoisotopic (exact) mass is 422 g/mol. The van der Waals surface area contributed by atoms with Crippen LogP contribution >= 0.6 is 0 Å². The number of benzene rings is 2. The van der Waals surface area contributed by atoms with Crippen LogP contribution in [0.2, 0.25) is 0 Å². The van der Waals surface area contributed by atoms with Crippen LogP contribution in [0.4, 0.5) is 5.69 Å². The van der Waals surface area contributed by atoms with E-state index in [9.17, 15) is 9.90 Å². The quantitative estimate of drug-likeness (QED) is 0.637. The van der Waals surface area contributed by atoms with Gasteiger partial charge in [0.25, 0.3) is 5.91 Å². The Morgan fingerprint density at radius 2 is 1.61 bits per heavy atom. The molecule has 0 bridgehead atoms. The lowest BCUT2D eigenvalue weighted by Crippen LogP contribution is -2.34. The van der Waals surface area contributed by atoms with E-state index in [1.807, 2.05) is 12.1 Å². The maximum absolute atomic E-state index is 12.6. The molecule has 1 aliphatic carbocycles. The molecule has 5 heteroatoms. The highest BCUT2D eigenvalue weighted by molar-refractivity contribution is 6.04. The third-order valence-corrected chi connectivity index (χ3v) is 6.69. The van der Waals surface area contributed by atoms with Crippen LogP contribution in [0.25, 0.3) is 0 Å². The number of hydrogen-bond acceptors (Lipinski definition) is 4. The van der Waals surface area contributed by atoms with E-state index in [1.54, 1.807) is 24.3 Å². The number of likely N-dealkylation sites (tertiary alicyclic amines) is 1. The molecule has 2 N–H and O–H groups in total. The van der Waals surface area contributed by atoms with Gasteiger partial charge in [0.05, 0.1) is 6.10 Å². The number of rotatable bonds is 6. The Labute approximate surface area is 185 Å². The molecule has 1 saturated carbocycles. The van der Waals surface area contributed by atoms with Gasteiger partial charge in [-0.05, 0) is 68.5 Å². The van der Waals surface area contributed by atoms with Crippen LogP contribution in [0.5, 0.6) is 0 Å². The van der Waals surface area contributed by atoms with Crippen molar-refractivity contribution in [3.05, 3.63) is 65.2 Å². The molecular formula is C26H34N2O3. The first-order chi connectivity index (χ1) is 15.1. The first-order valence-electron chi connectivity index (χ1n) is 11.6. The zero-order valence-corrected chi connectivity index (χ0v) is 18.4. The second-order valence-electron chi connectivity index (χ2n) is 9.02. The molecule has 4 rings (SSSR count). The van der Waals surface area contributed by atoms with Gasteiger partial charge in [-0.3, -0.25) is 4.79 Å². The molecule has 1 atom stereocenters. The second kappa shape index (κ2) is 10.4. The van der Waals surface area contributed by atoms with Crippen molar-refractivity contribution in [1.82, 2.24) is 4.90 Å². The van der Waals surface area contributed by atoms with Crippen LogP contribution in [-0.2, 0) is 4.74 Å². The third-order valence-electron chi connectivity index (χ3n) is 6.69. The summed E-state index contributed by atoms with van der Waals surface area (Å²) in [6.07, 6.45) is 7.49. The summed E-state index contributed by atoms with van der Waals surface area (Å²) in [6, 6.07) is 15.3. The van der Waals surface area contributed by atoms with Gasteiger partial charge in [0.15, 0.2) is 6.29 Å². The van der Waals surface area contributed by atoms with Crippen LogP contribution < -0.4 is 5.32 Å². The Hall–Kier alpha value is -2.21. The van der Waals surface area contributed by atoms with Gasteiger partial charge in [-0.2, -0.15) is 0 Å². The number of nitrogens with zero attached hydrogens (tertiary/aromatic N) is 1. The van der Waals surface area contributed by atoms with Gasteiger partial charge in [-0.1, -0.05) is 43.5 Å². The topological polar surface area (TPSA) is 61.8 Å². The molecule has 1 heterocycles. The van der Waals surface area contributed by atoms with E-state index in [0.717, 1.165) is 31.6 Å². The van der Waals surface area contributed by atoms with Crippen molar-refractivity contribution in [1.29, 1.82) is 0 Å². The number of nitrogens with one attached hydrogen (secondary N) is 1. The zero-order valence-electron chi connectivity index (χ0n) is 18.4. The number of ether oxygens (including phenoxy) is 1. The summed E-state index contributed by atoms with van der Waals surface area (Å²) in [5, 5.41) is 13.4. The van der Waals surface area contributed by atoms with Crippen LogP contribution in [0.1, 0.15) is 78.6 Å². The summed E-state index contributed by atoms with van der Waals surface area (Å²) in [6.45, 7) is 1.97. The molecule has 5 nitrogen and oxygen atoms in total. The minimum absolute atomic E-state index is 0.0748. The maximum Gasteiger partial charge on any atom is 0.255 e. The molecule has 0 radical (unpaired) electrons. The van der Waals surface area contributed by atoms with Crippen LogP contribution in [0.3, 0.4) is 0 Å². The summed E-state index contributed by atoms with van der Waals surface area (Å²) >= 11 is 0.